The molecular weight excluding hydrogens is 254 g/mol. The lowest BCUT2D eigenvalue weighted by atomic mass is 9.84. The Bertz CT molecular complexity index is 293. The Morgan fingerprint density at radius 3 is 2.80 bits per heavy atom. The molecule has 4 nitrogen and oxygen atoms in total. The molecule has 0 bridgehead atoms. The zero-order valence-electron chi connectivity index (χ0n) is 13.3. The Balaban J connectivity index is 2.32. The summed E-state index contributed by atoms with van der Waals surface area (Å²) < 4.78 is 5.68. The highest BCUT2D eigenvalue weighted by atomic mass is 16.5. The Kier molecular flexibility index (Phi) is 7.52. The van der Waals surface area contributed by atoms with Crippen molar-refractivity contribution in [3.8, 4) is 0 Å². The van der Waals surface area contributed by atoms with E-state index < -0.39 is 11.5 Å². The molecule has 2 atom stereocenters. The molecule has 0 radical (unpaired) electrons. The van der Waals surface area contributed by atoms with Crippen molar-refractivity contribution in [2.24, 2.45) is 11.8 Å². The zero-order valence-corrected chi connectivity index (χ0v) is 13.3. The van der Waals surface area contributed by atoms with Crippen molar-refractivity contribution in [1.82, 2.24) is 5.32 Å². The van der Waals surface area contributed by atoms with Crippen molar-refractivity contribution in [3.05, 3.63) is 0 Å². The number of hydrogen-bond donors (Lipinski definition) is 2. The van der Waals surface area contributed by atoms with Crippen LogP contribution in [0.2, 0.25) is 0 Å². The van der Waals surface area contributed by atoms with Gasteiger partial charge in [0, 0.05) is 13.2 Å². The van der Waals surface area contributed by atoms with E-state index in [9.17, 15) is 9.90 Å². The van der Waals surface area contributed by atoms with Gasteiger partial charge in [-0.2, -0.15) is 0 Å². The molecule has 2 N–H and O–H groups in total. The maximum Gasteiger partial charge on any atom is 0.324 e. The molecule has 0 aromatic carbocycles. The second-order valence-electron chi connectivity index (χ2n) is 6.33. The number of carboxylic acid groups (broad SMARTS) is 1. The number of aliphatic carboxylic acids is 1. The van der Waals surface area contributed by atoms with Crippen LogP contribution in [0.25, 0.3) is 0 Å². The fourth-order valence-electron chi connectivity index (χ4n) is 3.30. The van der Waals surface area contributed by atoms with Crippen molar-refractivity contribution in [2.45, 2.75) is 64.8 Å². The van der Waals surface area contributed by atoms with E-state index in [2.05, 4.69) is 19.2 Å². The summed E-state index contributed by atoms with van der Waals surface area (Å²) in [6.07, 6.45) is 5.88. The molecule has 0 spiro atoms. The summed E-state index contributed by atoms with van der Waals surface area (Å²) in [4.78, 5) is 11.6. The third-order valence-corrected chi connectivity index (χ3v) is 4.38. The summed E-state index contributed by atoms with van der Waals surface area (Å²) >= 11 is 0. The van der Waals surface area contributed by atoms with Crippen molar-refractivity contribution >= 4 is 5.97 Å². The number of carboxylic acids is 1. The molecule has 0 heterocycles. The average molecular weight is 285 g/mol. The highest BCUT2D eigenvalue weighted by molar-refractivity contribution is 5.79. The first-order valence-corrected chi connectivity index (χ1v) is 8.09. The van der Waals surface area contributed by atoms with Crippen LogP contribution in [0, 0.1) is 11.8 Å². The van der Waals surface area contributed by atoms with Crippen LogP contribution in [0.1, 0.15) is 59.3 Å². The van der Waals surface area contributed by atoms with Crippen LogP contribution in [-0.2, 0) is 9.53 Å². The number of hydrogen-bond acceptors (Lipinski definition) is 3. The summed E-state index contributed by atoms with van der Waals surface area (Å²) in [6.45, 7) is 8.60. The Hall–Kier alpha value is -0.610. The predicted octanol–water partition coefficient (Wildman–Crippen LogP) is 3.06. The number of ether oxygens (including phenoxy) is 1. The quantitative estimate of drug-likeness (QED) is 0.606. The maximum absolute atomic E-state index is 11.6. The minimum atomic E-state index is -0.712. The molecule has 1 aliphatic rings. The highest BCUT2D eigenvalue weighted by Crippen LogP contribution is 2.38. The molecule has 0 aliphatic heterocycles. The molecule has 0 aromatic rings. The molecule has 1 fully saturated rings. The molecule has 20 heavy (non-hydrogen) atoms. The van der Waals surface area contributed by atoms with E-state index in [1.165, 1.54) is 6.42 Å². The largest absolute Gasteiger partial charge is 0.480 e. The van der Waals surface area contributed by atoms with Crippen LogP contribution in [0.4, 0.5) is 0 Å². The minimum Gasteiger partial charge on any atom is -0.480 e. The van der Waals surface area contributed by atoms with E-state index in [1.54, 1.807) is 0 Å². The normalized spacial score (nSPS) is 26.3. The van der Waals surface area contributed by atoms with Crippen LogP contribution >= 0.6 is 0 Å². The van der Waals surface area contributed by atoms with Crippen LogP contribution < -0.4 is 5.32 Å². The number of likely N-dealkylation sites (N-methyl/N-ethyl adjacent to an activating group) is 1. The Morgan fingerprint density at radius 1 is 1.45 bits per heavy atom. The number of nitrogens with one attached hydrogen (secondary N) is 1. The van der Waals surface area contributed by atoms with Gasteiger partial charge < -0.3 is 15.2 Å². The molecule has 0 amide bonds. The second kappa shape index (κ2) is 8.63. The summed E-state index contributed by atoms with van der Waals surface area (Å²) in [6, 6.07) is 0. The smallest absolute Gasteiger partial charge is 0.324 e. The Morgan fingerprint density at radius 2 is 2.20 bits per heavy atom. The lowest BCUT2D eigenvalue weighted by molar-refractivity contribution is -0.146. The van der Waals surface area contributed by atoms with Gasteiger partial charge in [0.1, 0.15) is 5.54 Å². The first kappa shape index (κ1) is 17.4. The molecule has 4 heteroatoms. The van der Waals surface area contributed by atoms with Gasteiger partial charge in [-0.3, -0.25) is 4.79 Å². The minimum absolute atomic E-state index is 0.199. The predicted molar refractivity (Wildman–Crippen MR) is 80.9 cm³/mol. The molecule has 1 rings (SSSR count). The van der Waals surface area contributed by atoms with E-state index in [0.29, 0.717) is 13.2 Å². The van der Waals surface area contributed by atoms with E-state index in [4.69, 9.17) is 4.74 Å². The van der Waals surface area contributed by atoms with Crippen molar-refractivity contribution in [1.29, 1.82) is 0 Å². The molecule has 0 saturated heterocycles. The van der Waals surface area contributed by atoms with Gasteiger partial charge >= 0.3 is 5.97 Å². The van der Waals surface area contributed by atoms with Crippen molar-refractivity contribution in [3.63, 3.8) is 0 Å². The van der Waals surface area contributed by atoms with Gasteiger partial charge in [-0.1, -0.05) is 27.2 Å². The lowest BCUT2D eigenvalue weighted by Crippen LogP contribution is -2.54. The first-order chi connectivity index (χ1) is 9.53. The van der Waals surface area contributed by atoms with Crippen LogP contribution in [0.3, 0.4) is 0 Å². The van der Waals surface area contributed by atoms with Crippen molar-refractivity contribution < 1.29 is 14.6 Å². The fraction of sp³-hybridized carbons (Fsp3) is 0.938. The summed E-state index contributed by atoms with van der Waals surface area (Å²) in [5.41, 5.74) is -0.712. The number of carbonyl (C=O) groups is 1. The van der Waals surface area contributed by atoms with Gasteiger partial charge in [-0.05, 0) is 50.5 Å². The van der Waals surface area contributed by atoms with Crippen LogP contribution in [-0.4, -0.2) is 36.4 Å². The molecule has 1 aliphatic carbocycles. The zero-order chi connectivity index (χ0) is 15.0. The fourth-order valence-corrected chi connectivity index (χ4v) is 3.30. The van der Waals surface area contributed by atoms with Gasteiger partial charge in [0.25, 0.3) is 0 Å². The standard InChI is InChI=1S/C16H31NO3/c1-4-17-16(15(18)19)10-5-8-14(16)9-12-20-11-6-7-13(2)3/h13-14,17H,4-12H2,1-3H3,(H,18,19). The summed E-state index contributed by atoms with van der Waals surface area (Å²) in [7, 11) is 0. The lowest BCUT2D eigenvalue weighted by Gasteiger charge is -2.32. The SMILES string of the molecule is CCNC1(C(=O)O)CCCC1CCOCCCC(C)C. The second-order valence-corrected chi connectivity index (χ2v) is 6.33. The monoisotopic (exact) mass is 285 g/mol. The van der Waals surface area contributed by atoms with Crippen LogP contribution in [0.15, 0.2) is 0 Å². The molecule has 0 aromatic heterocycles. The molecular formula is C16H31NO3. The van der Waals surface area contributed by atoms with Crippen LogP contribution in [0.5, 0.6) is 0 Å². The summed E-state index contributed by atoms with van der Waals surface area (Å²) in [5.74, 6) is 0.230. The Labute approximate surface area is 123 Å². The highest BCUT2D eigenvalue weighted by Gasteiger charge is 2.48. The molecule has 1 saturated carbocycles. The van der Waals surface area contributed by atoms with Gasteiger partial charge in [-0.15, -0.1) is 0 Å². The molecule has 2 unspecified atom stereocenters. The van der Waals surface area contributed by atoms with Crippen molar-refractivity contribution in [2.75, 3.05) is 19.8 Å². The van der Waals surface area contributed by atoms with E-state index >= 15 is 0 Å². The topological polar surface area (TPSA) is 58.6 Å². The van der Waals surface area contributed by atoms with Gasteiger partial charge in [-0.25, -0.2) is 0 Å². The van der Waals surface area contributed by atoms with E-state index in [-0.39, 0.29) is 5.92 Å². The van der Waals surface area contributed by atoms with E-state index in [1.807, 2.05) is 6.92 Å². The van der Waals surface area contributed by atoms with Gasteiger partial charge in [0.15, 0.2) is 0 Å². The van der Waals surface area contributed by atoms with E-state index in [0.717, 1.165) is 44.6 Å². The average Bonchev–Trinajstić information content (AvgIpc) is 2.78. The third kappa shape index (κ3) is 4.74. The third-order valence-electron chi connectivity index (χ3n) is 4.38. The summed E-state index contributed by atoms with van der Waals surface area (Å²) in [5, 5.41) is 12.8. The first-order valence-electron chi connectivity index (χ1n) is 8.09. The number of rotatable bonds is 10. The van der Waals surface area contributed by atoms with Gasteiger partial charge in [0.2, 0.25) is 0 Å². The maximum atomic E-state index is 11.6. The van der Waals surface area contributed by atoms with Gasteiger partial charge in [0.05, 0.1) is 0 Å². The molecule has 118 valence electrons.